The molecule has 0 aliphatic rings. The van der Waals surface area contributed by atoms with E-state index in [2.05, 4.69) is 5.32 Å². The van der Waals surface area contributed by atoms with Gasteiger partial charge in [-0.1, -0.05) is 18.3 Å². The van der Waals surface area contributed by atoms with Gasteiger partial charge in [0.25, 0.3) is 0 Å². The summed E-state index contributed by atoms with van der Waals surface area (Å²) in [5, 5.41) is 4.66. The van der Waals surface area contributed by atoms with Crippen LogP contribution in [0.3, 0.4) is 0 Å². The van der Waals surface area contributed by atoms with Crippen LogP contribution in [0.5, 0.6) is 0 Å². The molecule has 1 amide bonds. The van der Waals surface area contributed by atoms with E-state index in [4.69, 9.17) is 0 Å². The zero-order valence-corrected chi connectivity index (χ0v) is 10.6. The van der Waals surface area contributed by atoms with Crippen LogP contribution < -0.4 is 10.2 Å². The van der Waals surface area contributed by atoms with Crippen LogP contribution in [0.25, 0.3) is 0 Å². The number of hydrogen-bond acceptors (Lipinski definition) is 3. The van der Waals surface area contributed by atoms with Crippen LogP contribution in [-0.4, -0.2) is 17.0 Å². The summed E-state index contributed by atoms with van der Waals surface area (Å²) < 4.78 is 1.72. The van der Waals surface area contributed by atoms with Crippen LogP contribution in [0, 0.1) is 6.92 Å². The minimum atomic E-state index is 0.0615. The third-order valence-electron chi connectivity index (χ3n) is 2.33. The molecule has 0 bridgehead atoms. The lowest BCUT2D eigenvalue weighted by atomic mass is 10.3. The Morgan fingerprint density at radius 2 is 2.31 bits per heavy atom. The van der Waals surface area contributed by atoms with Crippen LogP contribution in [0.2, 0.25) is 0 Å². The van der Waals surface area contributed by atoms with Gasteiger partial charge in [-0.15, -0.1) is 0 Å². The van der Waals surface area contributed by atoms with E-state index in [9.17, 15) is 9.59 Å². The van der Waals surface area contributed by atoms with Crippen molar-refractivity contribution >= 4 is 17.2 Å². The Kier molecular flexibility index (Phi) is 5.25. The third kappa shape index (κ3) is 3.81. The first-order chi connectivity index (χ1) is 7.65. The molecule has 0 spiro atoms. The molecule has 0 saturated carbocycles. The molecule has 1 aromatic heterocycles. The maximum atomic E-state index is 11.4. The molecule has 0 saturated heterocycles. The molecule has 1 aromatic rings. The fourth-order valence-electron chi connectivity index (χ4n) is 1.43. The summed E-state index contributed by atoms with van der Waals surface area (Å²) in [4.78, 5) is 22.7. The van der Waals surface area contributed by atoms with Crippen molar-refractivity contribution in [2.24, 2.45) is 0 Å². The van der Waals surface area contributed by atoms with Gasteiger partial charge in [-0.25, -0.2) is 0 Å². The van der Waals surface area contributed by atoms with Gasteiger partial charge in [-0.05, 0) is 19.8 Å². The minimum absolute atomic E-state index is 0.0615. The lowest BCUT2D eigenvalue weighted by Gasteiger charge is -2.05. The quantitative estimate of drug-likeness (QED) is 0.822. The Bertz CT molecular complexity index is 395. The van der Waals surface area contributed by atoms with Crippen molar-refractivity contribution in [2.75, 3.05) is 6.54 Å². The molecular weight excluding hydrogens is 224 g/mol. The molecule has 0 fully saturated rings. The Balaban J connectivity index is 2.31. The molecular formula is C11H18N2O2S. The maximum Gasteiger partial charge on any atom is 0.307 e. The van der Waals surface area contributed by atoms with Crippen LogP contribution in [0.15, 0.2) is 10.2 Å². The molecule has 1 rings (SSSR count). The molecule has 0 aromatic carbocycles. The lowest BCUT2D eigenvalue weighted by Crippen LogP contribution is -2.24. The number of amides is 1. The summed E-state index contributed by atoms with van der Waals surface area (Å²) in [6.07, 6.45) is 2.16. The predicted molar refractivity (Wildman–Crippen MR) is 65.9 cm³/mol. The molecule has 1 N–H and O–H groups in total. The first-order valence-corrected chi connectivity index (χ1v) is 6.44. The molecule has 90 valence electrons. The number of hydrogen-bond donors (Lipinski definition) is 1. The Labute approximate surface area is 99.3 Å². The van der Waals surface area contributed by atoms with Gasteiger partial charge < -0.3 is 9.88 Å². The number of nitrogens with zero attached hydrogens (tertiary/aromatic N) is 1. The SMILES string of the molecule is CCCNC(=O)CCCn1c(C)csc1=O. The molecule has 0 unspecified atom stereocenters. The van der Waals surface area contributed by atoms with E-state index in [1.807, 2.05) is 19.2 Å². The van der Waals surface area contributed by atoms with Gasteiger partial charge in [0, 0.05) is 30.6 Å². The Morgan fingerprint density at radius 3 is 2.88 bits per heavy atom. The van der Waals surface area contributed by atoms with Crippen LogP contribution >= 0.6 is 11.3 Å². The number of aromatic nitrogens is 1. The fourth-order valence-corrected chi connectivity index (χ4v) is 2.19. The van der Waals surface area contributed by atoms with Crippen LogP contribution in [-0.2, 0) is 11.3 Å². The summed E-state index contributed by atoms with van der Waals surface area (Å²) >= 11 is 1.21. The Hall–Kier alpha value is -1.10. The van der Waals surface area contributed by atoms with Gasteiger partial charge in [0.2, 0.25) is 5.91 Å². The molecule has 0 atom stereocenters. The highest BCUT2D eigenvalue weighted by Gasteiger charge is 2.04. The van der Waals surface area contributed by atoms with Gasteiger partial charge >= 0.3 is 4.87 Å². The zero-order chi connectivity index (χ0) is 12.0. The number of rotatable bonds is 6. The van der Waals surface area contributed by atoms with Gasteiger partial charge in [0.05, 0.1) is 0 Å². The first-order valence-electron chi connectivity index (χ1n) is 5.56. The molecule has 0 aliphatic carbocycles. The molecule has 16 heavy (non-hydrogen) atoms. The monoisotopic (exact) mass is 242 g/mol. The Morgan fingerprint density at radius 1 is 1.56 bits per heavy atom. The lowest BCUT2D eigenvalue weighted by molar-refractivity contribution is -0.121. The summed E-state index contributed by atoms with van der Waals surface area (Å²) in [7, 11) is 0. The van der Waals surface area contributed by atoms with Crippen molar-refractivity contribution < 1.29 is 4.79 Å². The van der Waals surface area contributed by atoms with Crippen molar-refractivity contribution in [1.82, 2.24) is 9.88 Å². The average Bonchev–Trinajstić information content (AvgIpc) is 2.57. The van der Waals surface area contributed by atoms with Crippen molar-refractivity contribution in [3.05, 3.63) is 20.7 Å². The third-order valence-corrected chi connectivity index (χ3v) is 3.22. The van der Waals surface area contributed by atoms with Gasteiger partial charge in [-0.3, -0.25) is 9.59 Å². The number of aryl methyl sites for hydroxylation is 1. The minimum Gasteiger partial charge on any atom is -0.356 e. The van der Waals surface area contributed by atoms with Gasteiger partial charge in [0.15, 0.2) is 0 Å². The van der Waals surface area contributed by atoms with Crippen molar-refractivity contribution in [1.29, 1.82) is 0 Å². The smallest absolute Gasteiger partial charge is 0.307 e. The van der Waals surface area contributed by atoms with Crippen molar-refractivity contribution in [3.8, 4) is 0 Å². The van der Waals surface area contributed by atoms with Crippen LogP contribution in [0.1, 0.15) is 31.9 Å². The summed E-state index contributed by atoms with van der Waals surface area (Å²) in [6.45, 7) is 5.30. The number of carbonyl (C=O) groups excluding carboxylic acids is 1. The second-order valence-electron chi connectivity index (χ2n) is 3.75. The second-order valence-corrected chi connectivity index (χ2v) is 4.57. The van der Waals surface area contributed by atoms with E-state index in [1.165, 1.54) is 11.3 Å². The van der Waals surface area contributed by atoms with E-state index in [-0.39, 0.29) is 10.8 Å². The molecule has 4 nitrogen and oxygen atoms in total. The van der Waals surface area contributed by atoms with E-state index in [0.29, 0.717) is 19.4 Å². The normalized spacial score (nSPS) is 10.4. The molecule has 1 heterocycles. The summed E-state index contributed by atoms with van der Waals surface area (Å²) in [5.74, 6) is 0.0720. The van der Waals surface area contributed by atoms with Crippen molar-refractivity contribution in [2.45, 2.75) is 39.7 Å². The van der Waals surface area contributed by atoms with E-state index in [1.54, 1.807) is 4.57 Å². The summed E-state index contributed by atoms with van der Waals surface area (Å²) in [6, 6.07) is 0. The first kappa shape index (κ1) is 13.0. The number of nitrogens with one attached hydrogen (secondary N) is 1. The molecule has 0 radical (unpaired) electrons. The zero-order valence-electron chi connectivity index (χ0n) is 9.78. The van der Waals surface area contributed by atoms with Gasteiger partial charge in [-0.2, -0.15) is 0 Å². The van der Waals surface area contributed by atoms with Crippen LogP contribution in [0.4, 0.5) is 0 Å². The fraction of sp³-hybridized carbons (Fsp3) is 0.636. The number of carbonyl (C=O) groups is 1. The molecule has 0 aliphatic heterocycles. The predicted octanol–water partition coefficient (Wildman–Crippen LogP) is 1.52. The molecule has 5 heteroatoms. The highest BCUT2D eigenvalue weighted by Crippen LogP contribution is 2.02. The number of thiazole rings is 1. The van der Waals surface area contributed by atoms with E-state index < -0.39 is 0 Å². The largest absolute Gasteiger partial charge is 0.356 e. The topological polar surface area (TPSA) is 51.1 Å². The van der Waals surface area contributed by atoms with E-state index >= 15 is 0 Å². The maximum absolute atomic E-state index is 11.4. The second kappa shape index (κ2) is 6.48. The van der Waals surface area contributed by atoms with Crippen molar-refractivity contribution in [3.63, 3.8) is 0 Å². The highest BCUT2D eigenvalue weighted by atomic mass is 32.1. The van der Waals surface area contributed by atoms with E-state index in [0.717, 1.165) is 18.7 Å². The highest BCUT2D eigenvalue weighted by molar-refractivity contribution is 7.07. The van der Waals surface area contributed by atoms with Gasteiger partial charge in [0.1, 0.15) is 0 Å². The summed E-state index contributed by atoms with van der Waals surface area (Å²) in [5.41, 5.74) is 0.976. The standard InChI is InChI=1S/C11H18N2O2S/c1-3-6-12-10(14)5-4-7-13-9(2)8-16-11(13)15/h8H,3-7H2,1-2H3,(H,12,14). The average molecular weight is 242 g/mol.